The molecule has 1 fully saturated rings. The summed E-state index contributed by atoms with van der Waals surface area (Å²) in [5, 5.41) is 30.5. The van der Waals surface area contributed by atoms with Crippen LogP contribution in [0.5, 0.6) is 0 Å². The molecule has 0 aromatic heterocycles. The molecule has 0 saturated heterocycles. The maximum atomic E-state index is 12.4. The number of allylic oxidation sites excluding steroid dienone is 3. The molecule has 1 aliphatic rings. The highest BCUT2D eigenvalue weighted by molar-refractivity contribution is 5.86. The van der Waals surface area contributed by atoms with Crippen LogP contribution in [0.2, 0.25) is 0 Å². The maximum absolute atomic E-state index is 12.4. The van der Waals surface area contributed by atoms with Gasteiger partial charge in [-0.15, -0.1) is 0 Å². The first-order valence-corrected chi connectivity index (χ1v) is 17.5. The Bertz CT molecular complexity index is 823. The SMILES string of the molecule is CCCCCCCCCCCCC(=O)OC[C@@H](O)COC(=O)CCC/C=C\C[C@H]1[C@@H](O)CC(=O)[C@@H]1/C=C/[C@@H](O)CCCCC. The number of esters is 2. The van der Waals surface area contributed by atoms with E-state index in [9.17, 15) is 29.7 Å². The first-order valence-electron chi connectivity index (χ1n) is 17.5. The predicted molar refractivity (Wildman–Crippen MR) is 174 cm³/mol. The second-order valence-corrected chi connectivity index (χ2v) is 12.4. The number of aliphatic hydroxyl groups excluding tert-OH is 3. The van der Waals surface area contributed by atoms with Gasteiger partial charge in [-0.25, -0.2) is 0 Å². The smallest absolute Gasteiger partial charge is 0.305 e. The second-order valence-electron chi connectivity index (χ2n) is 12.4. The van der Waals surface area contributed by atoms with Crippen LogP contribution in [0, 0.1) is 11.8 Å². The van der Waals surface area contributed by atoms with Gasteiger partial charge in [0.1, 0.15) is 25.1 Å². The van der Waals surface area contributed by atoms with E-state index in [1.54, 1.807) is 12.2 Å². The summed E-state index contributed by atoms with van der Waals surface area (Å²) in [6.45, 7) is 3.94. The Morgan fingerprint density at radius 1 is 0.795 bits per heavy atom. The molecule has 8 heteroatoms. The van der Waals surface area contributed by atoms with E-state index in [1.165, 1.54) is 44.9 Å². The van der Waals surface area contributed by atoms with Crippen molar-refractivity contribution in [2.75, 3.05) is 13.2 Å². The number of Topliss-reactive ketones (excluding diaryl/α,β-unsaturated/α-hetero) is 1. The Hall–Kier alpha value is -2.03. The zero-order valence-corrected chi connectivity index (χ0v) is 27.6. The predicted octanol–water partition coefficient (Wildman–Crippen LogP) is 6.92. The standard InChI is InChI=1S/C36H62O8/c1-3-5-7-8-9-10-11-12-13-18-22-35(41)43-27-30(38)28-44-36(42)23-19-15-14-17-21-31-32(34(40)26-33(31)39)25-24-29(37)20-16-6-4-2/h14,17,24-25,29-33,37-39H,3-13,15-16,18-23,26-28H2,1-2H3/b17-14-,25-24+/t29-,30+,31+,32+,33-/m0/s1. The van der Waals surface area contributed by atoms with Crippen molar-refractivity contribution in [1.29, 1.82) is 0 Å². The molecule has 1 aliphatic carbocycles. The summed E-state index contributed by atoms with van der Waals surface area (Å²) in [5.74, 6) is -1.36. The van der Waals surface area contributed by atoms with Gasteiger partial charge in [0.2, 0.25) is 0 Å². The minimum Gasteiger partial charge on any atom is -0.463 e. The largest absolute Gasteiger partial charge is 0.463 e. The molecule has 254 valence electrons. The van der Waals surface area contributed by atoms with Crippen LogP contribution < -0.4 is 0 Å². The van der Waals surface area contributed by atoms with Gasteiger partial charge in [-0.2, -0.15) is 0 Å². The van der Waals surface area contributed by atoms with E-state index in [2.05, 4.69) is 13.8 Å². The summed E-state index contributed by atoms with van der Waals surface area (Å²) < 4.78 is 10.2. The Labute approximate surface area is 266 Å². The molecule has 0 aliphatic heterocycles. The van der Waals surface area contributed by atoms with Crippen molar-refractivity contribution >= 4 is 17.7 Å². The lowest BCUT2D eigenvalue weighted by Gasteiger charge is -2.17. The molecule has 3 N–H and O–H groups in total. The zero-order chi connectivity index (χ0) is 32.4. The molecule has 0 spiro atoms. The number of unbranched alkanes of at least 4 members (excludes halogenated alkanes) is 12. The van der Waals surface area contributed by atoms with Crippen LogP contribution in [0.3, 0.4) is 0 Å². The minimum atomic E-state index is -1.05. The second kappa shape index (κ2) is 26.2. The molecule has 0 amide bonds. The van der Waals surface area contributed by atoms with Crippen molar-refractivity contribution in [3.05, 3.63) is 24.3 Å². The number of hydrogen-bond acceptors (Lipinski definition) is 8. The van der Waals surface area contributed by atoms with Gasteiger partial charge in [-0.3, -0.25) is 14.4 Å². The van der Waals surface area contributed by atoms with E-state index < -0.39 is 30.2 Å². The van der Waals surface area contributed by atoms with Crippen LogP contribution in [-0.4, -0.2) is 64.6 Å². The lowest BCUT2D eigenvalue weighted by atomic mass is 9.90. The molecule has 1 saturated carbocycles. The van der Waals surface area contributed by atoms with Gasteiger partial charge < -0.3 is 24.8 Å². The van der Waals surface area contributed by atoms with Crippen molar-refractivity contribution in [3.8, 4) is 0 Å². The van der Waals surface area contributed by atoms with Gasteiger partial charge in [0.25, 0.3) is 0 Å². The molecule has 0 heterocycles. The maximum Gasteiger partial charge on any atom is 0.305 e. The molecule has 0 bridgehead atoms. The van der Waals surface area contributed by atoms with Gasteiger partial charge in [-0.1, -0.05) is 115 Å². The molecule has 8 nitrogen and oxygen atoms in total. The molecule has 0 aromatic carbocycles. The topological polar surface area (TPSA) is 130 Å². The van der Waals surface area contributed by atoms with Crippen molar-refractivity contribution in [1.82, 2.24) is 0 Å². The van der Waals surface area contributed by atoms with Crippen LogP contribution in [0.1, 0.15) is 142 Å². The van der Waals surface area contributed by atoms with E-state index in [4.69, 9.17) is 9.47 Å². The molecular formula is C36H62O8. The van der Waals surface area contributed by atoms with Crippen LogP contribution in [0.15, 0.2) is 24.3 Å². The molecule has 0 radical (unpaired) electrons. The van der Waals surface area contributed by atoms with Gasteiger partial charge in [-0.05, 0) is 32.1 Å². The summed E-state index contributed by atoms with van der Waals surface area (Å²) in [6, 6.07) is 0. The average Bonchev–Trinajstić information content (AvgIpc) is 3.27. The van der Waals surface area contributed by atoms with Crippen molar-refractivity contribution in [2.45, 2.75) is 161 Å². The molecular weight excluding hydrogens is 560 g/mol. The summed E-state index contributed by atoms with van der Waals surface area (Å²) in [6.07, 6.45) is 23.1. The Morgan fingerprint density at radius 2 is 1.34 bits per heavy atom. The minimum absolute atomic E-state index is 0.00157. The average molecular weight is 623 g/mol. The normalized spacial score (nSPS) is 20.0. The van der Waals surface area contributed by atoms with Crippen molar-refractivity contribution in [3.63, 3.8) is 0 Å². The first kappa shape index (κ1) is 40.0. The van der Waals surface area contributed by atoms with Gasteiger partial charge in [0.15, 0.2) is 0 Å². The van der Waals surface area contributed by atoms with Gasteiger partial charge >= 0.3 is 11.9 Å². The van der Waals surface area contributed by atoms with E-state index in [0.29, 0.717) is 32.1 Å². The number of hydrogen-bond donors (Lipinski definition) is 3. The van der Waals surface area contributed by atoms with E-state index in [-0.39, 0.29) is 43.7 Å². The fraction of sp³-hybridized carbons (Fsp3) is 0.806. The van der Waals surface area contributed by atoms with Crippen LogP contribution >= 0.6 is 0 Å². The number of aliphatic hydroxyl groups is 3. The number of rotatable bonds is 27. The molecule has 0 aromatic rings. The van der Waals surface area contributed by atoms with Gasteiger partial charge in [0, 0.05) is 31.1 Å². The zero-order valence-electron chi connectivity index (χ0n) is 27.6. The lowest BCUT2D eigenvalue weighted by molar-refractivity contribution is -0.152. The number of ketones is 1. The lowest BCUT2D eigenvalue weighted by Crippen LogP contribution is -2.25. The number of ether oxygens (including phenoxy) is 2. The van der Waals surface area contributed by atoms with Crippen LogP contribution in [0.25, 0.3) is 0 Å². The molecule has 0 unspecified atom stereocenters. The molecule has 1 rings (SSSR count). The third-order valence-corrected chi connectivity index (χ3v) is 8.32. The van der Waals surface area contributed by atoms with Crippen LogP contribution in [0.4, 0.5) is 0 Å². The highest BCUT2D eigenvalue weighted by Crippen LogP contribution is 2.33. The summed E-state index contributed by atoms with van der Waals surface area (Å²) in [7, 11) is 0. The van der Waals surface area contributed by atoms with E-state index in [0.717, 1.165) is 38.5 Å². The third-order valence-electron chi connectivity index (χ3n) is 8.32. The van der Waals surface area contributed by atoms with Crippen molar-refractivity contribution in [2.24, 2.45) is 11.8 Å². The summed E-state index contributed by atoms with van der Waals surface area (Å²) >= 11 is 0. The first-order chi connectivity index (χ1) is 21.3. The molecule has 44 heavy (non-hydrogen) atoms. The number of carbonyl (C=O) groups excluding carboxylic acids is 3. The van der Waals surface area contributed by atoms with E-state index in [1.807, 2.05) is 12.2 Å². The third kappa shape index (κ3) is 20.1. The Kier molecular flexibility index (Phi) is 23.8. The number of carbonyl (C=O) groups is 3. The summed E-state index contributed by atoms with van der Waals surface area (Å²) in [4.78, 5) is 36.3. The summed E-state index contributed by atoms with van der Waals surface area (Å²) in [5.41, 5.74) is 0. The fourth-order valence-corrected chi connectivity index (χ4v) is 5.54. The monoisotopic (exact) mass is 622 g/mol. The molecule has 5 atom stereocenters. The van der Waals surface area contributed by atoms with Gasteiger partial charge in [0.05, 0.1) is 12.2 Å². The fourth-order valence-electron chi connectivity index (χ4n) is 5.54. The quantitative estimate of drug-likeness (QED) is 0.0511. The highest BCUT2D eigenvalue weighted by Gasteiger charge is 2.39. The van der Waals surface area contributed by atoms with E-state index >= 15 is 0 Å². The Morgan fingerprint density at radius 3 is 1.95 bits per heavy atom. The van der Waals surface area contributed by atoms with Crippen molar-refractivity contribution < 1.29 is 39.2 Å². The Balaban J connectivity index is 2.12. The highest BCUT2D eigenvalue weighted by atomic mass is 16.6. The van der Waals surface area contributed by atoms with Crippen LogP contribution in [-0.2, 0) is 23.9 Å².